The maximum absolute atomic E-state index is 5.92. The van der Waals surface area contributed by atoms with Crippen molar-refractivity contribution in [3.63, 3.8) is 0 Å². The Morgan fingerprint density at radius 2 is 1.45 bits per heavy atom. The minimum Gasteiger partial charge on any atom is -0.436 e. The summed E-state index contributed by atoms with van der Waals surface area (Å²) >= 11 is 5.92. The van der Waals surface area contributed by atoms with Crippen molar-refractivity contribution in [1.29, 1.82) is 0 Å². The Balaban J connectivity index is 1.80. The summed E-state index contributed by atoms with van der Waals surface area (Å²) in [6.45, 7) is 0. The second-order valence-electron chi connectivity index (χ2n) is 5.07. The van der Waals surface area contributed by atoms with Crippen LogP contribution in [0.5, 0.6) is 0 Å². The molecule has 1 aromatic heterocycles. The van der Waals surface area contributed by atoms with Crippen LogP contribution in [0.3, 0.4) is 0 Å². The van der Waals surface area contributed by atoms with Crippen molar-refractivity contribution in [3.8, 4) is 22.6 Å². The van der Waals surface area contributed by atoms with Gasteiger partial charge in [0.2, 0.25) is 5.89 Å². The number of rotatable bonds is 2. The number of benzene rings is 3. The molecule has 0 saturated heterocycles. The van der Waals surface area contributed by atoms with Gasteiger partial charge in [0, 0.05) is 10.6 Å². The van der Waals surface area contributed by atoms with E-state index in [2.05, 4.69) is 23.2 Å². The highest BCUT2D eigenvalue weighted by molar-refractivity contribution is 6.30. The highest BCUT2D eigenvalue weighted by Gasteiger charge is 2.09. The molecule has 0 radical (unpaired) electrons. The summed E-state index contributed by atoms with van der Waals surface area (Å²) in [6.07, 6.45) is 0. The summed E-state index contributed by atoms with van der Waals surface area (Å²) in [5.41, 5.74) is 4.85. The third-order valence-electron chi connectivity index (χ3n) is 3.59. The predicted molar refractivity (Wildman–Crippen MR) is 89.9 cm³/mol. The van der Waals surface area contributed by atoms with E-state index in [9.17, 15) is 0 Å². The van der Waals surface area contributed by atoms with Gasteiger partial charge in [-0.05, 0) is 47.5 Å². The number of nitrogens with zero attached hydrogens (tertiary/aromatic N) is 1. The van der Waals surface area contributed by atoms with Crippen LogP contribution in [-0.2, 0) is 0 Å². The Morgan fingerprint density at radius 3 is 2.23 bits per heavy atom. The predicted octanol–water partition coefficient (Wildman–Crippen LogP) is 5.82. The number of oxazole rings is 1. The van der Waals surface area contributed by atoms with E-state index in [1.54, 1.807) is 0 Å². The largest absolute Gasteiger partial charge is 0.436 e. The molecule has 2 nitrogen and oxygen atoms in total. The van der Waals surface area contributed by atoms with Gasteiger partial charge in [-0.1, -0.05) is 48.0 Å². The van der Waals surface area contributed by atoms with E-state index in [0.717, 1.165) is 22.2 Å². The smallest absolute Gasteiger partial charge is 0.227 e. The standard InChI is InChI=1S/C19H12ClNO/c20-16-9-6-14(7-10-16)19-21-17-12-15(8-11-18(17)22-19)13-4-2-1-3-5-13/h1-12H. The van der Waals surface area contributed by atoms with E-state index in [0.29, 0.717) is 10.9 Å². The lowest BCUT2D eigenvalue weighted by Gasteiger charge is -1.99. The van der Waals surface area contributed by atoms with Gasteiger partial charge in [-0.3, -0.25) is 0 Å². The molecule has 0 spiro atoms. The SMILES string of the molecule is Clc1ccc(-c2nc3cc(-c4ccccc4)ccc3o2)cc1. The first-order valence-electron chi connectivity index (χ1n) is 7.01. The summed E-state index contributed by atoms with van der Waals surface area (Å²) < 4.78 is 5.83. The van der Waals surface area contributed by atoms with Crippen LogP contribution in [0.4, 0.5) is 0 Å². The minimum absolute atomic E-state index is 0.608. The number of fused-ring (bicyclic) bond motifs is 1. The number of hydrogen-bond donors (Lipinski definition) is 0. The molecule has 3 heteroatoms. The Kier molecular flexibility index (Phi) is 3.17. The van der Waals surface area contributed by atoms with Gasteiger partial charge in [-0.2, -0.15) is 0 Å². The first-order valence-corrected chi connectivity index (χ1v) is 7.39. The zero-order chi connectivity index (χ0) is 14.9. The van der Waals surface area contributed by atoms with E-state index in [1.807, 2.05) is 54.6 Å². The number of hydrogen-bond acceptors (Lipinski definition) is 2. The second-order valence-corrected chi connectivity index (χ2v) is 5.51. The maximum atomic E-state index is 5.92. The third-order valence-corrected chi connectivity index (χ3v) is 3.84. The molecule has 0 N–H and O–H groups in total. The highest BCUT2D eigenvalue weighted by Crippen LogP contribution is 2.28. The second kappa shape index (κ2) is 5.32. The van der Waals surface area contributed by atoms with E-state index in [1.165, 1.54) is 5.56 Å². The Labute approximate surface area is 133 Å². The molecule has 0 saturated carbocycles. The maximum Gasteiger partial charge on any atom is 0.227 e. The summed E-state index contributed by atoms with van der Waals surface area (Å²) in [4.78, 5) is 4.59. The lowest BCUT2D eigenvalue weighted by atomic mass is 10.1. The van der Waals surface area contributed by atoms with Gasteiger partial charge in [0.25, 0.3) is 0 Å². The van der Waals surface area contributed by atoms with Gasteiger partial charge in [-0.15, -0.1) is 0 Å². The number of halogens is 1. The van der Waals surface area contributed by atoms with Crippen molar-refractivity contribution in [2.45, 2.75) is 0 Å². The quantitative estimate of drug-likeness (QED) is 0.466. The van der Waals surface area contributed by atoms with Crippen LogP contribution in [0.15, 0.2) is 77.2 Å². The summed E-state index contributed by atoms with van der Waals surface area (Å²) in [5, 5.41) is 0.700. The topological polar surface area (TPSA) is 26.0 Å². The summed E-state index contributed by atoms with van der Waals surface area (Å²) in [7, 11) is 0. The fourth-order valence-corrected chi connectivity index (χ4v) is 2.58. The first-order chi connectivity index (χ1) is 10.8. The Morgan fingerprint density at radius 1 is 0.727 bits per heavy atom. The number of aromatic nitrogens is 1. The highest BCUT2D eigenvalue weighted by atomic mass is 35.5. The van der Waals surface area contributed by atoms with Crippen molar-refractivity contribution in [2.75, 3.05) is 0 Å². The molecule has 3 aromatic carbocycles. The molecule has 0 atom stereocenters. The molecule has 0 aliphatic heterocycles. The van der Waals surface area contributed by atoms with Gasteiger partial charge in [0.05, 0.1) is 0 Å². The molecule has 106 valence electrons. The Bertz CT molecular complexity index is 927. The molecule has 0 unspecified atom stereocenters. The molecule has 0 aliphatic carbocycles. The fourth-order valence-electron chi connectivity index (χ4n) is 2.45. The minimum atomic E-state index is 0.608. The van der Waals surface area contributed by atoms with Crippen molar-refractivity contribution in [3.05, 3.63) is 77.8 Å². The molecule has 0 fully saturated rings. The molecule has 4 rings (SSSR count). The molecular weight excluding hydrogens is 294 g/mol. The van der Waals surface area contributed by atoms with Crippen LogP contribution in [0.1, 0.15) is 0 Å². The van der Waals surface area contributed by atoms with E-state index in [4.69, 9.17) is 16.0 Å². The van der Waals surface area contributed by atoms with Crippen LogP contribution in [-0.4, -0.2) is 4.98 Å². The van der Waals surface area contributed by atoms with Crippen LogP contribution < -0.4 is 0 Å². The lowest BCUT2D eigenvalue weighted by molar-refractivity contribution is 0.620. The zero-order valence-corrected chi connectivity index (χ0v) is 12.4. The normalized spacial score (nSPS) is 11.0. The summed E-state index contributed by atoms with van der Waals surface area (Å²) in [5.74, 6) is 0.608. The van der Waals surface area contributed by atoms with Crippen LogP contribution in [0, 0.1) is 0 Å². The monoisotopic (exact) mass is 305 g/mol. The molecule has 4 aromatic rings. The van der Waals surface area contributed by atoms with E-state index >= 15 is 0 Å². The zero-order valence-electron chi connectivity index (χ0n) is 11.7. The van der Waals surface area contributed by atoms with Gasteiger partial charge in [0.1, 0.15) is 5.52 Å². The molecular formula is C19H12ClNO. The molecule has 0 aliphatic rings. The van der Waals surface area contributed by atoms with Gasteiger partial charge in [-0.25, -0.2) is 4.98 Å². The average Bonchev–Trinajstić information content (AvgIpc) is 2.99. The van der Waals surface area contributed by atoms with Crippen LogP contribution in [0.25, 0.3) is 33.7 Å². The third kappa shape index (κ3) is 2.38. The van der Waals surface area contributed by atoms with Crippen molar-refractivity contribution < 1.29 is 4.42 Å². The van der Waals surface area contributed by atoms with E-state index < -0.39 is 0 Å². The Hall–Kier alpha value is -2.58. The van der Waals surface area contributed by atoms with Crippen LogP contribution >= 0.6 is 11.6 Å². The van der Waals surface area contributed by atoms with Crippen molar-refractivity contribution in [2.24, 2.45) is 0 Å². The summed E-state index contributed by atoms with van der Waals surface area (Å²) in [6, 6.07) is 23.8. The molecule has 0 bridgehead atoms. The first kappa shape index (κ1) is 13.1. The fraction of sp³-hybridized carbons (Fsp3) is 0. The van der Waals surface area contributed by atoms with Crippen molar-refractivity contribution >= 4 is 22.7 Å². The van der Waals surface area contributed by atoms with E-state index in [-0.39, 0.29) is 0 Å². The average molecular weight is 306 g/mol. The van der Waals surface area contributed by atoms with Gasteiger partial charge >= 0.3 is 0 Å². The lowest BCUT2D eigenvalue weighted by Crippen LogP contribution is -1.78. The molecule has 22 heavy (non-hydrogen) atoms. The van der Waals surface area contributed by atoms with Gasteiger partial charge < -0.3 is 4.42 Å². The van der Waals surface area contributed by atoms with Gasteiger partial charge in [0.15, 0.2) is 5.58 Å². The molecule has 0 amide bonds. The van der Waals surface area contributed by atoms with Crippen molar-refractivity contribution in [1.82, 2.24) is 4.98 Å². The van der Waals surface area contributed by atoms with Crippen LogP contribution in [0.2, 0.25) is 5.02 Å². The molecule has 1 heterocycles.